The third-order valence-corrected chi connectivity index (χ3v) is 1.90. The minimum atomic E-state index is -2.08. The summed E-state index contributed by atoms with van der Waals surface area (Å²) < 4.78 is 0. The number of hydrogen-bond donors (Lipinski definition) is 2. The molecule has 66 valence electrons. The Labute approximate surface area is 73.5 Å². The van der Waals surface area contributed by atoms with Gasteiger partial charge in [0.05, 0.1) is 5.36 Å². The molecule has 1 aromatic rings. The van der Waals surface area contributed by atoms with Crippen molar-refractivity contribution >= 4 is 12.0 Å². The van der Waals surface area contributed by atoms with Crippen molar-refractivity contribution in [3.63, 3.8) is 0 Å². The van der Waals surface area contributed by atoms with Gasteiger partial charge < -0.3 is 10.2 Å². The second-order valence-electron chi connectivity index (χ2n) is 2.85. The number of hydrogen-bond acceptors (Lipinski definition) is 3. The number of nitrogens with zero attached hydrogens (tertiary/aromatic N) is 1. The lowest BCUT2D eigenvalue weighted by Gasteiger charge is -2.08. The van der Waals surface area contributed by atoms with Crippen molar-refractivity contribution in [1.29, 1.82) is 0 Å². The third-order valence-electron chi connectivity index (χ3n) is 1.90. The first-order chi connectivity index (χ1) is 6.12. The molecule has 1 unspecified atom stereocenters. The van der Waals surface area contributed by atoms with Crippen LogP contribution in [0.15, 0.2) is 29.3 Å². The van der Waals surface area contributed by atoms with Crippen molar-refractivity contribution < 1.29 is 15.0 Å². The first kappa shape index (κ1) is 7.94. The minimum Gasteiger partial charge on any atom is -0.477 e. The van der Waals surface area contributed by atoms with Gasteiger partial charge in [0.1, 0.15) is 0 Å². The van der Waals surface area contributed by atoms with Gasteiger partial charge in [-0.05, 0) is 12.1 Å². The number of aliphatic hydroxyl groups is 1. The van der Waals surface area contributed by atoms with Crippen molar-refractivity contribution in [2.24, 2.45) is 4.99 Å². The molecule has 1 heterocycles. The maximum Gasteiger partial charge on any atom is 0.363 e. The highest BCUT2D eigenvalue weighted by atomic mass is 16.4. The molecule has 2 rings (SSSR count). The Morgan fingerprint density at radius 1 is 1.38 bits per heavy atom. The molecule has 0 saturated heterocycles. The highest BCUT2D eigenvalue weighted by Crippen LogP contribution is 2.09. The van der Waals surface area contributed by atoms with Crippen LogP contribution in [0.4, 0.5) is 0 Å². The second-order valence-corrected chi connectivity index (χ2v) is 2.85. The van der Waals surface area contributed by atoms with Crippen molar-refractivity contribution in [2.45, 2.75) is 5.72 Å². The fourth-order valence-electron chi connectivity index (χ4n) is 1.25. The Bertz CT molecular complexity index is 443. The van der Waals surface area contributed by atoms with Gasteiger partial charge in [-0.1, -0.05) is 18.2 Å². The van der Waals surface area contributed by atoms with Crippen molar-refractivity contribution in [3.8, 4) is 0 Å². The summed E-state index contributed by atoms with van der Waals surface area (Å²) in [7, 11) is 0. The summed E-state index contributed by atoms with van der Waals surface area (Å²) in [6.07, 6.45) is 1.23. The number of carboxylic acid groups (broad SMARTS) is 1. The second kappa shape index (κ2) is 2.40. The molecule has 0 aromatic heterocycles. The highest BCUT2D eigenvalue weighted by molar-refractivity contribution is 5.85. The maximum absolute atomic E-state index is 10.6. The van der Waals surface area contributed by atoms with E-state index in [-0.39, 0.29) is 0 Å². The number of carbonyl (C=O) groups is 1. The topological polar surface area (TPSA) is 69.9 Å². The van der Waals surface area contributed by atoms with Crippen LogP contribution in [0.25, 0.3) is 6.08 Å². The van der Waals surface area contributed by atoms with E-state index in [2.05, 4.69) is 4.99 Å². The van der Waals surface area contributed by atoms with Gasteiger partial charge >= 0.3 is 5.97 Å². The normalized spacial score (nSPS) is 24.4. The molecule has 2 N–H and O–H groups in total. The molecular weight excluding hydrogens is 170 g/mol. The van der Waals surface area contributed by atoms with E-state index in [1.807, 2.05) is 0 Å². The summed E-state index contributed by atoms with van der Waals surface area (Å²) in [6, 6.07) is 6.87. The van der Waals surface area contributed by atoms with Crippen LogP contribution in [0.5, 0.6) is 0 Å². The largest absolute Gasteiger partial charge is 0.477 e. The average Bonchev–Trinajstić information content (AvgIpc) is 2.42. The van der Waals surface area contributed by atoms with Gasteiger partial charge in [-0.3, -0.25) is 0 Å². The van der Waals surface area contributed by atoms with Gasteiger partial charge in [0, 0.05) is 5.22 Å². The number of rotatable bonds is 1. The molecule has 1 aliphatic rings. The van der Waals surface area contributed by atoms with Crippen LogP contribution in [0, 0.1) is 0 Å². The summed E-state index contributed by atoms with van der Waals surface area (Å²) >= 11 is 0. The van der Waals surface area contributed by atoms with Crippen LogP contribution in [0.2, 0.25) is 0 Å². The molecule has 0 amide bonds. The molecule has 0 bridgehead atoms. The Hall–Kier alpha value is -1.68. The Kier molecular flexibility index (Phi) is 1.47. The van der Waals surface area contributed by atoms with E-state index in [1.165, 1.54) is 6.08 Å². The van der Waals surface area contributed by atoms with Crippen LogP contribution in [0.1, 0.15) is 0 Å². The molecular formula is C9H7NO3. The molecule has 0 saturated carbocycles. The molecule has 1 aliphatic heterocycles. The number of aliphatic carboxylic acids is 1. The SMILES string of the molecule is O=C(O)C1(O)C=c2ccccc2=N1. The van der Waals surface area contributed by atoms with Crippen molar-refractivity contribution in [1.82, 2.24) is 0 Å². The van der Waals surface area contributed by atoms with Crippen LogP contribution < -0.4 is 10.6 Å². The summed E-state index contributed by atoms with van der Waals surface area (Å²) in [5, 5.41) is 19.3. The lowest BCUT2D eigenvalue weighted by atomic mass is 10.2. The fourth-order valence-corrected chi connectivity index (χ4v) is 1.25. The van der Waals surface area contributed by atoms with Gasteiger partial charge in [0.15, 0.2) is 0 Å². The van der Waals surface area contributed by atoms with Gasteiger partial charge in [0.2, 0.25) is 0 Å². The Balaban J connectivity index is 2.70. The number of fused-ring (bicyclic) bond motifs is 1. The molecule has 0 fully saturated rings. The zero-order valence-electron chi connectivity index (χ0n) is 6.64. The van der Waals surface area contributed by atoms with E-state index in [9.17, 15) is 9.90 Å². The molecule has 0 radical (unpaired) electrons. The van der Waals surface area contributed by atoms with Crippen molar-refractivity contribution in [2.75, 3.05) is 0 Å². The number of para-hydroxylation sites is 1. The predicted octanol–water partition coefficient (Wildman–Crippen LogP) is -1.13. The summed E-state index contributed by atoms with van der Waals surface area (Å²) in [5.74, 6) is -1.36. The number of carboxylic acids is 1. The summed E-state index contributed by atoms with van der Waals surface area (Å²) in [5.41, 5.74) is -2.08. The van der Waals surface area contributed by atoms with Crippen molar-refractivity contribution in [3.05, 3.63) is 34.8 Å². The maximum atomic E-state index is 10.6. The van der Waals surface area contributed by atoms with Gasteiger partial charge in [-0.25, -0.2) is 9.79 Å². The molecule has 0 aliphatic carbocycles. The van der Waals surface area contributed by atoms with Gasteiger partial charge in [-0.2, -0.15) is 0 Å². The van der Waals surface area contributed by atoms with Crippen LogP contribution >= 0.6 is 0 Å². The molecule has 4 heteroatoms. The van der Waals surface area contributed by atoms with E-state index in [1.54, 1.807) is 24.3 Å². The smallest absolute Gasteiger partial charge is 0.363 e. The zero-order valence-corrected chi connectivity index (χ0v) is 6.64. The lowest BCUT2D eigenvalue weighted by molar-refractivity contribution is -0.151. The standard InChI is InChI=1S/C9H7NO3/c11-8(12)9(13)5-6-3-1-2-4-7(6)10-9/h1-5,13H,(H,11,12). The lowest BCUT2D eigenvalue weighted by Crippen LogP contribution is -2.32. The van der Waals surface area contributed by atoms with Crippen LogP contribution in [0.3, 0.4) is 0 Å². The quantitative estimate of drug-likeness (QED) is 0.570. The monoisotopic (exact) mass is 177 g/mol. The Morgan fingerprint density at radius 2 is 2.08 bits per heavy atom. The molecule has 1 atom stereocenters. The van der Waals surface area contributed by atoms with Crippen LogP contribution in [-0.4, -0.2) is 21.9 Å². The van der Waals surface area contributed by atoms with E-state index < -0.39 is 11.7 Å². The van der Waals surface area contributed by atoms with E-state index >= 15 is 0 Å². The van der Waals surface area contributed by atoms with E-state index in [0.717, 1.165) is 0 Å². The van der Waals surface area contributed by atoms with E-state index in [0.29, 0.717) is 10.6 Å². The van der Waals surface area contributed by atoms with Gasteiger partial charge in [0.25, 0.3) is 5.72 Å². The highest BCUT2D eigenvalue weighted by Gasteiger charge is 2.34. The minimum absolute atomic E-state index is 0.507. The molecule has 0 spiro atoms. The first-order valence-electron chi connectivity index (χ1n) is 3.75. The third kappa shape index (κ3) is 1.11. The number of benzene rings is 1. The first-order valence-corrected chi connectivity index (χ1v) is 3.75. The molecule has 13 heavy (non-hydrogen) atoms. The summed E-state index contributed by atoms with van der Waals surface area (Å²) in [4.78, 5) is 14.3. The molecule has 4 nitrogen and oxygen atoms in total. The van der Waals surface area contributed by atoms with Crippen LogP contribution in [-0.2, 0) is 4.79 Å². The zero-order chi connectivity index (χ0) is 9.47. The van der Waals surface area contributed by atoms with E-state index in [4.69, 9.17) is 5.11 Å². The predicted molar refractivity (Wildman–Crippen MR) is 44.3 cm³/mol. The Morgan fingerprint density at radius 3 is 2.69 bits per heavy atom. The average molecular weight is 177 g/mol. The fraction of sp³-hybridized carbons (Fsp3) is 0.111. The molecule has 1 aromatic carbocycles. The van der Waals surface area contributed by atoms with Gasteiger partial charge in [-0.15, -0.1) is 0 Å². The summed E-state index contributed by atoms with van der Waals surface area (Å²) in [6.45, 7) is 0.